The fourth-order valence-electron chi connectivity index (χ4n) is 3.27. The topological polar surface area (TPSA) is 84.1 Å². The molecule has 1 atom stereocenters. The molecule has 0 saturated carbocycles. The Labute approximate surface area is 159 Å². The van der Waals surface area contributed by atoms with Crippen LogP contribution in [0.15, 0.2) is 46.1 Å². The molecular weight excluding hydrogens is 366 g/mol. The maximum atomic E-state index is 13.2. The van der Waals surface area contributed by atoms with Gasteiger partial charge in [0, 0.05) is 32.1 Å². The maximum Gasteiger partial charge on any atom is 0.270 e. The summed E-state index contributed by atoms with van der Waals surface area (Å²) < 4.78 is 6.87. The van der Waals surface area contributed by atoms with Gasteiger partial charge in [-0.3, -0.25) is 14.0 Å². The molecular formula is C19H19N3O4S. The Balaban J connectivity index is 1.68. The summed E-state index contributed by atoms with van der Waals surface area (Å²) in [5, 5.41) is 13.8. The molecule has 27 heavy (non-hydrogen) atoms. The third kappa shape index (κ3) is 3.58. The van der Waals surface area contributed by atoms with Crippen molar-refractivity contribution >= 4 is 22.9 Å². The third-order valence-corrected chi connectivity index (χ3v) is 5.36. The van der Waals surface area contributed by atoms with Gasteiger partial charge in [-0.15, -0.1) is 0 Å². The van der Waals surface area contributed by atoms with E-state index >= 15 is 0 Å². The molecule has 8 heteroatoms. The molecule has 1 N–H and O–H groups in total. The fourth-order valence-corrected chi connectivity index (χ4v) is 3.92. The molecule has 0 radical (unpaired) electrons. The van der Waals surface area contributed by atoms with E-state index in [1.165, 1.54) is 28.9 Å². The minimum absolute atomic E-state index is 0.0206. The molecule has 0 aliphatic carbocycles. The summed E-state index contributed by atoms with van der Waals surface area (Å²) in [6, 6.07) is 4.95. The van der Waals surface area contributed by atoms with E-state index in [0.717, 1.165) is 18.4 Å². The van der Waals surface area contributed by atoms with Crippen molar-refractivity contribution in [3.63, 3.8) is 0 Å². The van der Waals surface area contributed by atoms with Crippen LogP contribution in [0.3, 0.4) is 0 Å². The summed E-state index contributed by atoms with van der Waals surface area (Å²) in [4.78, 5) is 31.7. The maximum absolute atomic E-state index is 13.2. The zero-order valence-electron chi connectivity index (χ0n) is 14.6. The Morgan fingerprint density at radius 2 is 2.33 bits per heavy atom. The van der Waals surface area contributed by atoms with Gasteiger partial charge >= 0.3 is 0 Å². The molecule has 0 unspecified atom stereocenters. The average Bonchev–Trinajstić information content (AvgIpc) is 3.36. The number of hydrogen-bond acceptors (Lipinski definition) is 6. The second kappa shape index (κ2) is 7.50. The molecule has 3 aromatic rings. The van der Waals surface area contributed by atoms with Gasteiger partial charge in [0.15, 0.2) is 11.4 Å². The average molecular weight is 385 g/mol. The van der Waals surface area contributed by atoms with Crippen molar-refractivity contribution in [1.82, 2.24) is 14.3 Å². The second-order valence-corrected chi connectivity index (χ2v) is 7.30. The Bertz CT molecular complexity index is 1010. The van der Waals surface area contributed by atoms with Crippen LogP contribution in [0.1, 0.15) is 28.8 Å². The Morgan fingerprint density at radius 3 is 3.07 bits per heavy atom. The van der Waals surface area contributed by atoms with Gasteiger partial charge < -0.3 is 14.7 Å². The lowest BCUT2D eigenvalue weighted by atomic mass is 10.2. The van der Waals surface area contributed by atoms with Crippen LogP contribution in [0.25, 0.3) is 5.65 Å². The predicted octanol–water partition coefficient (Wildman–Crippen LogP) is 2.28. The molecule has 0 aromatic carbocycles. The molecule has 0 bridgehead atoms. The van der Waals surface area contributed by atoms with E-state index in [0.29, 0.717) is 19.7 Å². The highest BCUT2D eigenvalue weighted by molar-refractivity contribution is 7.07. The Morgan fingerprint density at radius 1 is 1.44 bits per heavy atom. The molecule has 4 rings (SSSR count). The first-order chi connectivity index (χ1) is 13.1. The number of rotatable bonds is 5. The van der Waals surface area contributed by atoms with E-state index in [9.17, 15) is 14.7 Å². The smallest absolute Gasteiger partial charge is 0.270 e. The molecule has 1 amide bonds. The van der Waals surface area contributed by atoms with E-state index in [1.54, 1.807) is 16.2 Å². The highest BCUT2D eigenvalue weighted by Crippen LogP contribution is 2.18. The summed E-state index contributed by atoms with van der Waals surface area (Å²) in [5.41, 5.74) is 0.621. The summed E-state index contributed by atoms with van der Waals surface area (Å²) in [6.07, 6.45) is 4.59. The molecule has 4 heterocycles. The lowest BCUT2D eigenvalue weighted by molar-refractivity contribution is 0.0505. The number of carbonyl (C=O) groups is 1. The van der Waals surface area contributed by atoms with Gasteiger partial charge in [-0.1, -0.05) is 0 Å². The van der Waals surface area contributed by atoms with Crippen LogP contribution in [-0.2, 0) is 11.3 Å². The number of nitrogens with zero attached hydrogens (tertiary/aromatic N) is 3. The normalized spacial score (nSPS) is 16.7. The first-order valence-electron chi connectivity index (χ1n) is 8.75. The summed E-state index contributed by atoms with van der Waals surface area (Å²) >= 11 is 1.56. The van der Waals surface area contributed by atoms with E-state index < -0.39 is 5.56 Å². The van der Waals surface area contributed by atoms with Crippen molar-refractivity contribution in [3.05, 3.63) is 62.8 Å². The number of aromatic nitrogens is 2. The summed E-state index contributed by atoms with van der Waals surface area (Å²) in [5.74, 6) is -0.491. The van der Waals surface area contributed by atoms with Gasteiger partial charge in [0.2, 0.25) is 0 Å². The molecule has 3 aromatic heterocycles. The molecule has 1 fully saturated rings. The number of aromatic hydroxyl groups is 1. The first kappa shape index (κ1) is 17.7. The monoisotopic (exact) mass is 385 g/mol. The molecule has 7 nitrogen and oxygen atoms in total. The van der Waals surface area contributed by atoms with E-state index in [2.05, 4.69) is 4.98 Å². The van der Waals surface area contributed by atoms with Gasteiger partial charge in [0.25, 0.3) is 11.5 Å². The van der Waals surface area contributed by atoms with Crippen LogP contribution < -0.4 is 5.56 Å². The fraction of sp³-hybridized carbons (Fsp3) is 0.316. The van der Waals surface area contributed by atoms with Crippen LogP contribution >= 0.6 is 11.3 Å². The van der Waals surface area contributed by atoms with Gasteiger partial charge in [-0.2, -0.15) is 11.3 Å². The van der Waals surface area contributed by atoms with Gasteiger partial charge in [0.05, 0.1) is 6.10 Å². The van der Waals surface area contributed by atoms with Crippen molar-refractivity contribution in [2.45, 2.75) is 25.5 Å². The van der Waals surface area contributed by atoms with E-state index in [4.69, 9.17) is 4.74 Å². The second-order valence-electron chi connectivity index (χ2n) is 6.52. The Kier molecular flexibility index (Phi) is 4.91. The number of carbonyl (C=O) groups excluding carboxylic acids is 1. The minimum atomic E-state index is -0.497. The Hall–Kier alpha value is -2.71. The van der Waals surface area contributed by atoms with Crippen molar-refractivity contribution < 1.29 is 14.6 Å². The van der Waals surface area contributed by atoms with E-state index in [-0.39, 0.29) is 29.0 Å². The number of pyridine rings is 1. The van der Waals surface area contributed by atoms with Gasteiger partial charge in [0.1, 0.15) is 5.56 Å². The summed E-state index contributed by atoms with van der Waals surface area (Å²) in [6.45, 7) is 1.53. The first-order valence-corrected chi connectivity index (χ1v) is 9.69. The molecule has 1 saturated heterocycles. The number of amides is 1. The van der Waals surface area contributed by atoms with E-state index in [1.807, 2.05) is 16.8 Å². The number of ether oxygens (including phenoxy) is 1. The van der Waals surface area contributed by atoms with Crippen molar-refractivity contribution in [3.8, 4) is 5.75 Å². The van der Waals surface area contributed by atoms with Gasteiger partial charge in [-0.25, -0.2) is 4.98 Å². The molecule has 1 aliphatic rings. The van der Waals surface area contributed by atoms with Crippen LogP contribution in [0.2, 0.25) is 0 Å². The minimum Gasteiger partial charge on any atom is -0.504 e. The molecule has 1 aliphatic heterocycles. The van der Waals surface area contributed by atoms with Crippen LogP contribution in [0, 0.1) is 0 Å². The number of fused-ring (bicyclic) bond motifs is 1. The predicted molar refractivity (Wildman–Crippen MR) is 101 cm³/mol. The third-order valence-electron chi connectivity index (χ3n) is 4.63. The van der Waals surface area contributed by atoms with Gasteiger partial charge in [-0.05, 0) is 47.4 Å². The zero-order chi connectivity index (χ0) is 18.8. The molecule has 140 valence electrons. The van der Waals surface area contributed by atoms with Crippen molar-refractivity contribution in [2.24, 2.45) is 0 Å². The lowest BCUT2D eigenvalue weighted by Gasteiger charge is -2.25. The van der Waals surface area contributed by atoms with Crippen molar-refractivity contribution in [1.29, 1.82) is 0 Å². The van der Waals surface area contributed by atoms with Crippen LogP contribution in [0.4, 0.5) is 0 Å². The molecule has 0 spiro atoms. The number of thiophene rings is 1. The van der Waals surface area contributed by atoms with Crippen LogP contribution in [0.5, 0.6) is 5.75 Å². The lowest BCUT2D eigenvalue weighted by Crippen LogP contribution is -2.39. The largest absolute Gasteiger partial charge is 0.504 e. The summed E-state index contributed by atoms with van der Waals surface area (Å²) in [7, 11) is 0. The zero-order valence-corrected chi connectivity index (χ0v) is 15.4. The standard InChI is InChI=1S/C19H19N3O4S/c23-16-4-1-6-22-17(16)20-9-15(19(22)25)18(24)21(10-13-5-8-27-12-13)11-14-3-2-7-26-14/h1,4-6,8-9,12,14,23H,2-3,7,10-11H2/t14-/m1/s1. The number of hydrogen-bond donors (Lipinski definition) is 1. The van der Waals surface area contributed by atoms with Crippen LogP contribution in [-0.4, -0.2) is 44.6 Å². The highest BCUT2D eigenvalue weighted by atomic mass is 32.1. The SMILES string of the molecule is O=C(c1cnc2c(O)cccn2c1=O)N(Cc1ccsc1)C[C@H]1CCCO1. The highest BCUT2D eigenvalue weighted by Gasteiger charge is 2.26. The van der Waals surface area contributed by atoms with Crippen molar-refractivity contribution in [2.75, 3.05) is 13.2 Å². The quantitative estimate of drug-likeness (QED) is 0.728.